The van der Waals surface area contributed by atoms with E-state index in [0.717, 1.165) is 24.8 Å². The van der Waals surface area contributed by atoms with Gasteiger partial charge < -0.3 is 5.11 Å². The molecule has 118 valence electrons. The Morgan fingerprint density at radius 3 is 2.05 bits per heavy atom. The van der Waals surface area contributed by atoms with E-state index in [1.54, 1.807) is 0 Å². The average molecular weight is 296 g/mol. The van der Waals surface area contributed by atoms with Crippen molar-refractivity contribution in [1.29, 1.82) is 0 Å². The van der Waals surface area contributed by atoms with Crippen LogP contribution >= 0.6 is 0 Å². The summed E-state index contributed by atoms with van der Waals surface area (Å²) in [5.74, 6) is 1.65. The molecule has 2 aromatic carbocycles. The van der Waals surface area contributed by atoms with Gasteiger partial charge in [-0.15, -0.1) is 0 Å². The molecule has 2 aromatic rings. The van der Waals surface area contributed by atoms with E-state index >= 15 is 0 Å². The van der Waals surface area contributed by atoms with Crippen LogP contribution in [0.2, 0.25) is 0 Å². The number of benzene rings is 2. The molecular formula is C21H28O. The highest BCUT2D eigenvalue weighted by Crippen LogP contribution is 2.29. The maximum absolute atomic E-state index is 10.6. The van der Waals surface area contributed by atoms with Gasteiger partial charge in [0.15, 0.2) is 0 Å². The van der Waals surface area contributed by atoms with Crippen LogP contribution in [0, 0.1) is 11.8 Å². The normalized spacial score (nSPS) is 11.4. The molecule has 0 aliphatic carbocycles. The van der Waals surface area contributed by atoms with Gasteiger partial charge in [-0.3, -0.25) is 0 Å². The zero-order valence-corrected chi connectivity index (χ0v) is 14.3. The van der Waals surface area contributed by atoms with E-state index in [4.69, 9.17) is 0 Å². The Hall–Kier alpha value is -1.76. The first-order chi connectivity index (χ1) is 10.5. The molecule has 0 unspecified atom stereocenters. The van der Waals surface area contributed by atoms with Crippen molar-refractivity contribution < 1.29 is 5.11 Å². The predicted molar refractivity (Wildman–Crippen MR) is 94.4 cm³/mol. The fourth-order valence-corrected chi connectivity index (χ4v) is 3.00. The van der Waals surface area contributed by atoms with Crippen LogP contribution in [0.5, 0.6) is 5.75 Å². The lowest BCUT2D eigenvalue weighted by Crippen LogP contribution is -2.04. The average Bonchev–Trinajstić information content (AvgIpc) is 2.42. The van der Waals surface area contributed by atoms with Crippen LogP contribution in [0.3, 0.4) is 0 Å². The molecule has 22 heavy (non-hydrogen) atoms. The molecule has 0 aliphatic rings. The van der Waals surface area contributed by atoms with Crippen LogP contribution in [-0.2, 0) is 19.3 Å². The minimum atomic E-state index is 0.456. The van der Waals surface area contributed by atoms with E-state index in [1.165, 1.54) is 16.7 Å². The molecule has 1 nitrogen and oxygen atoms in total. The van der Waals surface area contributed by atoms with E-state index < -0.39 is 0 Å². The number of rotatable bonds is 6. The van der Waals surface area contributed by atoms with E-state index in [0.29, 0.717) is 17.6 Å². The second-order valence-electron chi connectivity index (χ2n) is 7.11. The molecule has 1 N–H and O–H groups in total. The Morgan fingerprint density at radius 1 is 0.818 bits per heavy atom. The number of phenols is 1. The van der Waals surface area contributed by atoms with E-state index in [-0.39, 0.29) is 0 Å². The fourth-order valence-electron chi connectivity index (χ4n) is 3.00. The Bertz CT molecular complexity index is 597. The second kappa shape index (κ2) is 7.49. The summed E-state index contributed by atoms with van der Waals surface area (Å²) in [7, 11) is 0. The van der Waals surface area contributed by atoms with Gasteiger partial charge in [-0.1, -0.05) is 64.1 Å². The van der Waals surface area contributed by atoms with Crippen LogP contribution in [0.15, 0.2) is 42.5 Å². The lowest BCUT2D eigenvalue weighted by atomic mass is 9.90. The summed E-state index contributed by atoms with van der Waals surface area (Å²) >= 11 is 0. The molecule has 0 radical (unpaired) electrons. The summed E-state index contributed by atoms with van der Waals surface area (Å²) in [4.78, 5) is 0. The zero-order chi connectivity index (χ0) is 16.1. The van der Waals surface area contributed by atoms with E-state index in [2.05, 4.69) is 58.0 Å². The van der Waals surface area contributed by atoms with Crippen molar-refractivity contribution in [3.63, 3.8) is 0 Å². The van der Waals surface area contributed by atoms with Crippen LogP contribution in [0.25, 0.3) is 0 Å². The summed E-state index contributed by atoms with van der Waals surface area (Å²) in [5, 5.41) is 10.6. The number of hydrogen-bond acceptors (Lipinski definition) is 1. The smallest absolute Gasteiger partial charge is 0.119 e. The van der Waals surface area contributed by atoms with Gasteiger partial charge in [0.2, 0.25) is 0 Å². The lowest BCUT2D eigenvalue weighted by Gasteiger charge is -2.17. The summed E-state index contributed by atoms with van der Waals surface area (Å²) in [6.45, 7) is 8.91. The molecule has 0 heterocycles. The topological polar surface area (TPSA) is 20.2 Å². The van der Waals surface area contributed by atoms with Crippen molar-refractivity contribution in [3.8, 4) is 5.75 Å². The molecule has 0 amide bonds. The maximum atomic E-state index is 10.6. The lowest BCUT2D eigenvalue weighted by molar-refractivity contribution is 0.465. The van der Waals surface area contributed by atoms with Gasteiger partial charge in [-0.05, 0) is 47.4 Å². The van der Waals surface area contributed by atoms with Gasteiger partial charge in [0.1, 0.15) is 5.75 Å². The van der Waals surface area contributed by atoms with E-state index in [1.807, 2.05) is 12.1 Å². The second-order valence-corrected chi connectivity index (χ2v) is 7.11. The SMILES string of the molecule is CC(C)Cc1cc(O)c(Cc2ccccc2)c(CC(C)C)c1. The van der Waals surface area contributed by atoms with Gasteiger partial charge in [0.25, 0.3) is 0 Å². The highest BCUT2D eigenvalue weighted by atomic mass is 16.3. The first kappa shape index (κ1) is 16.6. The molecule has 0 aliphatic heterocycles. The van der Waals surface area contributed by atoms with Crippen molar-refractivity contribution in [2.75, 3.05) is 0 Å². The largest absolute Gasteiger partial charge is 0.508 e. The minimum Gasteiger partial charge on any atom is -0.508 e. The Balaban J connectivity index is 2.37. The molecule has 2 rings (SSSR count). The first-order valence-electron chi connectivity index (χ1n) is 8.33. The van der Waals surface area contributed by atoms with Gasteiger partial charge in [-0.25, -0.2) is 0 Å². The molecule has 0 bridgehead atoms. The molecular weight excluding hydrogens is 268 g/mol. The van der Waals surface area contributed by atoms with Crippen LogP contribution in [0.4, 0.5) is 0 Å². The molecule has 0 aromatic heterocycles. The molecule has 0 fully saturated rings. The van der Waals surface area contributed by atoms with Gasteiger partial charge in [0.05, 0.1) is 0 Å². The molecule has 0 atom stereocenters. The van der Waals surface area contributed by atoms with Crippen LogP contribution in [0.1, 0.15) is 49.9 Å². The number of phenolic OH excluding ortho intramolecular Hbond substituents is 1. The van der Waals surface area contributed by atoms with Gasteiger partial charge in [-0.2, -0.15) is 0 Å². The Labute approximate surface area is 135 Å². The van der Waals surface area contributed by atoms with Crippen LogP contribution < -0.4 is 0 Å². The quantitative estimate of drug-likeness (QED) is 0.758. The van der Waals surface area contributed by atoms with Crippen molar-refractivity contribution in [2.24, 2.45) is 11.8 Å². The third-order valence-electron chi connectivity index (χ3n) is 3.87. The number of hydrogen-bond donors (Lipinski definition) is 1. The van der Waals surface area contributed by atoms with Gasteiger partial charge in [0, 0.05) is 12.0 Å². The molecule has 0 spiro atoms. The highest BCUT2D eigenvalue weighted by Gasteiger charge is 2.13. The summed E-state index contributed by atoms with van der Waals surface area (Å²) in [6.07, 6.45) is 2.84. The van der Waals surface area contributed by atoms with Crippen molar-refractivity contribution in [2.45, 2.75) is 47.0 Å². The first-order valence-corrected chi connectivity index (χ1v) is 8.33. The molecule has 1 heteroatoms. The Kier molecular flexibility index (Phi) is 5.65. The summed E-state index contributed by atoms with van der Waals surface area (Å²) in [6, 6.07) is 14.7. The van der Waals surface area contributed by atoms with Crippen molar-refractivity contribution >= 4 is 0 Å². The predicted octanol–water partition coefficient (Wildman–Crippen LogP) is 5.38. The fraction of sp³-hybridized carbons (Fsp3) is 0.429. The van der Waals surface area contributed by atoms with Crippen molar-refractivity contribution in [1.82, 2.24) is 0 Å². The zero-order valence-electron chi connectivity index (χ0n) is 14.3. The highest BCUT2D eigenvalue weighted by molar-refractivity contribution is 5.46. The Morgan fingerprint density at radius 2 is 1.45 bits per heavy atom. The van der Waals surface area contributed by atoms with Crippen LogP contribution in [-0.4, -0.2) is 5.11 Å². The molecule has 0 saturated heterocycles. The van der Waals surface area contributed by atoms with Gasteiger partial charge >= 0.3 is 0 Å². The van der Waals surface area contributed by atoms with E-state index in [9.17, 15) is 5.11 Å². The summed E-state index contributed by atoms with van der Waals surface area (Å²) < 4.78 is 0. The summed E-state index contributed by atoms with van der Waals surface area (Å²) in [5.41, 5.74) is 4.89. The third-order valence-corrected chi connectivity index (χ3v) is 3.87. The standard InChI is InChI=1S/C21H28O/c1-15(2)10-18-12-19(11-16(3)4)20(21(22)14-18)13-17-8-6-5-7-9-17/h5-9,12,14-16,22H,10-11,13H2,1-4H3. The monoisotopic (exact) mass is 296 g/mol. The van der Waals surface area contributed by atoms with Crippen molar-refractivity contribution in [3.05, 3.63) is 64.7 Å². The third kappa shape index (κ3) is 4.62. The molecule has 0 saturated carbocycles. The minimum absolute atomic E-state index is 0.456. The number of aromatic hydroxyl groups is 1. The maximum Gasteiger partial charge on any atom is 0.119 e.